The maximum Gasteiger partial charge on any atom is 0.222 e. The first-order chi connectivity index (χ1) is 12.1. The van der Waals surface area contributed by atoms with Crippen LogP contribution in [0.5, 0.6) is 0 Å². The molecule has 2 aliphatic heterocycles. The summed E-state index contributed by atoms with van der Waals surface area (Å²) in [6, 6.07) is 2.43. The summed E-state index contributed by atoms with van der Waals surface area (Å²) in [7, 11) is 0. The number of likely N-dealkylation sites (tertiary alicyclic amines) is 1. The lowest BCUT2D eigenvalue weighted by atomic mass is 9.83. The molecule has 3 rings (SSSR count). The number of unbranched alkanes of at least 4 members (excludes halogenated alkanes) is 1. The molecule has 6 heteroatoms. The first-order valence-electron chi connectivity index (χ1n) is 9.62. The van der Waals surface area contributed by atoms with E-state index in [-0.39, 0.29) is 6.61 Å². The van der Waals surface area contributed by atoms with Gasteiger partial charge in [-0.15, -0.1) is 0 Å². The van der Waals surface area contributed by atoms with Gasteiger partial charge in [0.2, 0.25) is 5.91 Å². The third-order valence-corrected chi connectivity index (χ3v) is 5.48. The minimum absolute atomic E-state index is 0.205. The molecule has 0 bridgehead atoms. The summed E-state index contributed by atoms with van der Waals surface area (Å²) >= 11 is 0. The highest BCUT2D eigenvalue weighted by Crippen LogP contribution is 2.33. The number of amides is 1. The molecule has 0 aliphatic carbocycles. The monoisotopic (exact) mass is 346 g/mol. The normalized spacial score (nSPS) is 23.7. The molecule has 0 spiro atoms. The molecule has 2 fully saturated rings. The average Bonchev–Trinajstić information content (AvgIpc) is 2.62. The van der Waals surface area contributed by atoms with E-state index in [0.717, 1.165) is 69.1 Å². The molecule has 2 aliphatic rings. The zero-order valence-corrected chi connectivity index (χ0v) is 15.4. The van der Waals surface area contributed by atoms with Crippen molar-refractivity contribution in [2.24, 2.45) is 5.92 Å². The van der Waals surface area contributed by atoms with Gasteiger partial charge >= 0.3 is 0 Å². The molecule has 1 amide bonds. The summed E-state index contributed by atoms with van der Waals surface area (Å²) in [5.74, 6) is 2.74. The fraction of sp³-hybridized carbons (Fsp3) is 0.737. The lowest BCUT2D eigenvalue weighted by Gasteiger charge is -2.47. The Balaban J connectivity index is 1.69. The number of piperidine rings is 2. The molecule has 1 aromatic rings. The standard InChI is InChI=1S/C19H30N4O2/c1-3-17-20-14(2)12-18(21-17)22-10-8-16-15(13-22)6-7-19(25)23(16)9-4-5-11-24/h12,15-16,24H,3-11,13H2,1-2H3/t15-,16+/m1/s1. The average molecular weight is 346 g/mol. The fourth-order valence-electron chi connectivity index (χ4n) is 4.18. The Morgan fingerprint density at radius 2 is 2.12 bits per heavy atom. The molecule has 3 heterocycles. The van der Waals surface area contributed by atoms with Crippen LogP contribution >= 0.6 is 0 Å². The molecule has 1 aromatic heterocycles. The Morgan fingerprint density at radius 3 is 2.88 bits per heavy atom. The second-order valence-electron chi connectivity index (χ2n) is 7.26. The van der Waals surface area contributed by atoms with Gasteiger partial charge in [0.25, 0.3) is 0 Å². The van der Waals surface area contributed by atoms with Crippen LogP contribution in [0.3, 0.4) is 0 Å². The number of carbonyl (C=O) groups is 1. The van der Waals surface area contributed by atoms with Crippen LogP contribution in [-0.4, -0.2) is 58.2 Å². The van der Waals surface area contributed by atoms with E-state index in [0.29, 0.717) is 24.3 Å². The molecule has 0 radical (unpaired) electrons. The van der Waals surface area contributed by atoms with Gasteiger partial charge in [-0.25, -0.2) is 9.97 Å². The van der Waals surface area contributed by atoms with Crippen LogP contribution in [0.4, 0.5) is 5.82 Å². The van der Waals surface area contributed by atoms with Crippen molar-refractivity contribution in [3.05, 3.63) is 17.6 Å². The van der Waals surface area contributed by atoms with Gasteiger partial charge in [0.15, 0.2) is 0 Å². The second-order valence-corrected chi connectivity index (χ2v) is 7.26. The number of nitrogens with zero attached hydrogens (tertiary/aromatic N) is 4. The number of hydrogen-bond donors (Lipinski definition) is 1. The van der Waals surface area contributed by atoms with E-state index in [4.69, 9.17) is 10.1 Å². The molecule has 0 aromatic carbocycles. The topological polar surface area (TPSA) is 69.6 Å². The maximum absolute atomic E-state index is 12.4. The molecule has 0 saturated carbocycles. The number of hydrogen-bond acceptors (Lipinski definition) is 5. The highest BCUT2D eigenvalue weighted by Gasteiger charge is 2.39. The van der Waals surface area contributed by atoms with Crippen LogP contribution in [0.1, 0.15) is 50.5 Å². The zero-order valence-electron chi connectivity index (χ0n) is 15.4. The zero-order chi connectivity index (χ0) is 17.8. The second kappa shape index (κ2) is 8.13. The van der Waals surface area contributed by atoms with Crippen molar-refractivity contribution in [1.29, 1.82) is 0 Å². The Kier molecular flexibility index (Phi) is 5.89. The van der Waals surface area contributed by atoms with E-state index in [2.05, 4.69) is 27.8 Å². The molecular formula is C19H30N4O2. The van der Waals surface area contributed by atoms with Gasteiger partial charge in [-0.3, -0.25) is 4.79 Å². The Bertz CT molecular complexity index is 607. The van der Waals surface area contributed by atoms with Crippen LogP contribution in [0.15, 0.2) is 6.07 Å². The number of rotatable bonds is 6. The molecule has 2 atom stereocenters. The molecule has 1 N–H and O–H groups in total. The summed E-state index contributed by atoms with van der Waals surface area (Å²) in [5, 5.41) is 9.00. The van der Waals surface area contributed by atoms with Gasteiger partial charge in [-0.2, -0.15) is 0 Å². The molecule has 25 heavy (non-hydrogen) atoms. The summed E-state index contributed by atoms with van der Waals surface area (Å²) in [6.07, 6.45) is 5.13. The first kappa shape index (κ1) is 18.1. The summed E-state index contributed by atoms with van der Waals surface area (Å²) in [6.45, 7) is 7.00. The van der Waals surface area contributed by atoms with Crippen molar-refractivity contribution in [2.75, 3.05) is 31.1 Å². The smallest absolute Gasteiger partial charge is 0.222 e. The minimum atomic E-state index is 0.205. The minimum Gasteiger partial charge on any atom is -0.396 e. The molecule has 0 unspecified atom stereocenters. The number of aliphatic hydroxyl groups excluding tert-OH is 1. The maximum atomic E-state index is 12.4. The number of carbonyl (C=O) groups excluding carboxylic acids is 1. The van der Waals surface area contributed by atoms with Gasteiger partial charge in [-0.05, 0) is 38.5 Å². The van der Waals surface area contributed by atoms with E-state index in [1.807, 2.05) is 6.92 Å². The third kappa shape index (κ3) is 4.11. The predicted octanol–water partition coefficient (Wildman–Crippen LogP) is 1.94. The van der Waals surface area contributed by atoms with Gasteiger partial charge in [0.1, 0.15) is 11.6 Å². The fourth-order valence-corrected chi connectivity index (χ4v) is 4.18. The van der Waals surface area contributed by atoms with Crippen molar-refractivity contribution in [3.8, 4) is 0 Å². The largest absolute Gasteiger partial charge is 0.396 e. The van der Waals surface area contributed by atoms with Crippen molar-refractivity contribution < 1.29 is 9.90 Å². The Morgan fingerprint density at radius 1 is 1.28 bits per heavy atom. The van der Waals surface area contributed by atoms with Crippen molar-refractivity contribution in [3.63, 3.8) is 0 Å². The summed E-state index contributed by atoms with van der Waals surface area (Å²) < 4.78 is 0. The van der Waals surface area contributed by atoms with Crippen LogP contribution in [0, 0.1) is 12.8 Å². The number of anilines is 1. The molecule has 6 nitrogen and oxygen atoms in total. The summed E-state index contributed by atoms with van der Waals surface area (Å²) in [4.78, 5) is 26.0. The van der Waals surface area contributed by atoms with Crippen LogP contribution < -0.4 is 4.90 Å². The van der Waals surface area contributed by atoms with Gasteiger partial charge in [-0.1, -0.05) is 6.92 Å². The van der Waals surface area contributed by atoms with Crippen LogP contribution in [0.2, 0.25) is 0 Å². The molecule has 2 saturated heterocycles. The highest BCUT2D eigenvalue weighted by atomic mass is 16.3. The first-order valence-corrected chi connectivity index (χ1v) is 9.62. The van der Waals surface area contributed by atoms with Crippen molar-refractivity contribution in [2.45, 2.75) is 58.4 Å². The third-order valence-electron chi connectivity index (χ3n) is 5.48. The van der Waals surface area contributed by atoms with E-state index < -0.39 is 0 Å². The number of aromatic nitrogens is 2. The van der Waals surface area contributed by atoms with Crippen LogP contribution in [0.25, 0.3) is 0 Å². The quantitative estimate of drug-likeness (QED) is 0.797. The number of aliphatic hydroxyl groups is 1. The Labute approximate surface area is 150 Å². The van der Waals surface area contributed by atoms with E-state index in [9.17, 15) is 4.79 Å². The van der Waals surface area contributed by atoms with Crippen molar-refractivity contribution in [1.82, 2.24) is 14.9 Å². The molecular weight excluding hydrogens is 316 g/mol. The number of aryl methyl sites for hydroxylation is 2. The highest BCUT2D eigenvalue weighted by molar-refractivity contribution is 5.77. The van der Waals surface area contributed by atoms with Crippen molar-refractivity contribution >= 4 is 11.7 Å². The van der Waals surface area contributed by atoms with Gasteiger partial charge in [0, 0.05) is 56.9 Å². The Hall–Kier alpha value is -1.69. The lowest BCUT2D eigenvalue weighted by Crippen LogP contribution is -2.56. The van der Waals surface area contributed by atoms with Crippen LogP contribution in [-0.2, 0) is 11.2 Å². The van der Waals surface area contributed by atoms with Gasteiger partial charge < -0.3 is 14.9 Å². The SMILES string of the molecule is CCc1nc(C)cc(N2CC[C@H]3[C@H](CCC(=O)N3CCCCO)C2)n1. The predicted molar refractivity (Wildman–Crippen MR) is 97.5 cm³/mol. The van der Waals surface area contributed by atoms with E-state index in [1.165, 1.54) is 0 Å². The number of fused-ring (bicyclic) bond motifs is 1. The van der Waals surface area contributed by atoms with E-state index >= 15 is 0 Å². The van der Waals surface area contributed by atoms with Gasteiger partial charge in [0.05, 0.1) is 0 Å². The van der Waals surface area contributed by atoms with E-state index in [1.54, 1.807) is 0 Å². The summed E-state index contributed by atoms with van der Waals surface area (Å²) in [5.41, 5.74) is 1.02. The molecule has 138 valence electrons. The lowest BCUT2D eigenvalue weighted by molar-refractivity contribution is -0.139.